The lowest BCUT2D eigenvalue weighted by atomic mass is 10.1. The molecule has 1 unspecified atom stereocenters. The molecule has 3 heterocycles. The van der Waals surface area contributed by atoms with Gasteiger partial charge >= 0.3 is 12.1 Å². The van der Waals surface area contributed by atoms with E-state index in [0.29, 0.717) is 27.7 Å². The number of benzene rings is 4. The molecule has 1 saturated heterocycles. The third-order valence-electron chi connectivity index (χ3n) is 8.55. The summed E-state index contributed by atoms with van der Waals surface area (Å²) in [4.78, 5) is 35.2. The molecule has 0 aliphatic carbocycles. The van der Waals surface area contributed by atoms with Crippen LogP contribution in [0.3, 0.4) is 0 Å². The summed E-state index contributed by atoms with van der Waals surface area (Å²) < 4.78 is 22.3. The number of methoxy groups -OCH3 is 2. The molecule has 2 aromatic heterocycles. The maximum atomic E-state index is 12.7. The fourth-order valence-electron chi connectivity index (χ4n) is 6.03. The number of likely N-dealkylation sites (tertiary alicyclic amines) is 1. The Morgan fingerprint density at radius 3 is 1.76 bits per heavy atom. The van der Waals surface area contributed by atoms with E-state index in [9.17, 15) is 14.7 Å². The van der Waals surface area contributed by atoms with Crippen LogP contribution in [0.25, 0.3) is 44.3 Å². The van der Waals surface area contributed by atoms with Crippen LogP contribution in [0, 0.1) is 0 Å². The Balaban J connectivity index is 0.000000232. The second-order valence-corrected chi connectivity index (χ2v) is 13.9. The molecule has 0 bridgehead atoms. The quantitative estimate of drug-likeness (QED) is 0.169. The van der Waals surface area contributed by atoms with Crippen molar-refractivity contribution in [3.8, 4) is 39.8 Å². The number of hydrogen-bond acceptors (Lipinski definition) is 8. The summed E-state index contributed by atoms with van der Waals surface area (Å²) >= 11 is 6.33. The van der Waals surface area contributed by atoms with E-state index in [1.807, 2.05) is 123 Å². The Morgan fingerprint density at radius 1 is 0.745 bits per heavy atom. The van der Waals surface area contributed by atoms with Gasteiger partial charge in [0.15, 0.2) is 0 Å². The largest absolute Gasteiger partial charge is 0.497 e. The van der Waals surface area contributed by atoms with E-state index in [1.165, 1.54) is 4.90 Å². The highest BCUT2D eigenvalue weighted by Crippen LogP contribution is 2.35. The number of fused-ring (bicyclic) bond motifs is 2. The van der Waals surface area contributed by atoms with Gasteiger partial charge in [-0.3, -0.25) is 4.90 Å². The topological polar surface area (TPSA) is 120 Å². The van der Waals surface area contributed by atoms with Gasteiger partial charge in [0.05, 0.1) is 48.2 Å². The van der Waals surface area contributed by atoms with Crippen LogP contribution in [0.15, 0.2) is 109 Å². The predicted octanol–water partition coefficient (Wildman–Crippen LogP) is 10.3. The summed E-state index contributed by atoms with van der Waals surface area (Å²) in [6.45, 7) is 9.33. The fraction of sp³-hybridized carbons (Fsp3) is 0.273. The van der Waals surface area contributed by atoms with Gasteiger partial charge in [0.2, 0.25) is 0 Å². The van der Waals surface area contributed by atoms with Crippen LogP contribution < -0.4 is 14.2 Å². The van der Waals surface area contributed by atoms with E-state index < -0.39 is 29.8 Å². The SMILES string of the molecule is CC.COc1ccc2c(Cl)cc(-c3ccccc3)nc2c1.COc1ccc2c(O[C@@H]3CC(C(=O)O)N(C(=O)OC(C)(C)C)C3)cc(-c3ccccc3)nc2c1. The molecule has 10 nitrogen and oxygen atoms in total. The number of carboxylic acids is 1. The second kappa shape index (κ2) is 18.0. The number of carboxylic acid groups (broad SMARTS) is 1. The van der Waals surface area contributed by atoms with Crippen molar-refractivity contribution in [3.63, 3.8) is 0 Å². The van der Waals surface area contributed by atoms with Gasteiger partial charge in [-0.2, -0.15) is 0 Å². The predicted molar refractivity (Wildman–Crippen MR) is 217 cm³/mol. The lowest BCUT2D eigenvalue weighted by molar-refractivity contribution is -0.142. The molecule has 0 saturated carbocycles. The summed E-state index contributed by atoms with van der Waals surface area (Å²) in [6, 6.07) is 33.6. The zero-order valence-electron chi connectivity index (χ0n) is 32.1. The monoisotopic (exact) mass is 763 g/mol. The van der Waals surface area contributed by atoms with E-state index >= 15 is 0 Å². The third-order valence-corrected chi connectivity index (χ3v) is 8.87. The Bertz CT molecular complexity index is 2240. The van der Waals surface area contributed by atoms with Gasteiger partial charge in [0.1, 0.15) is 35.0 Å². The molecule has 6 aromatic rings. The van der Waals surface area contributed by atoms with E-state index in [2.05, 4.69) is 4.98 Å². The summed E-state index contributed by atoms with van der Waals surface area (Å²) in [7, 11) is 3.24. The highest BCUT2D eigenvalue weighted by Gasteiger charge is 2.43. The first-order chi connectivity index (χ1) is 26.4. The summed E-state index contributed by atoms with van der Waals surface area (Å²) in [5, 5.41) is 12.1. The molecule has 2 atom stereocenters. The van der Waals surface area contributed by atoms with Crippen molar-refractivity contribution in [1.82, 2.24) is 14.9 Å². The molecule has 1 aliphatic heterocycles. The third kappa shape index (κ3) is 10.0. The average Bonchev–Trinajstić information content (AvgIpc) is 3.63. The number of nitrogens with zero attached hydrogens (tertiary/aromatic N) is 3. The molecule has 1 amide bonds. The van der Waals surface area contributed by atoms with E-state index in [-0.39, 0.29) is 13.0 Å². The van der Waals surface area contributed by atoms with E-state index in [0.717, 1.165) is 38.9 Å². The molecular weight excluding hydrogens is 718 g/mol. The van der Waals surface area contributed by atoms with Crippen LogP contribution in [0.5, 0.6) is 17.2 Å². The van der Waals surface area contributed by atoms with Gasteiger partial charge in [0, 0.05) is 46.5 Å². The van der Waals surface area contributed by atoms with E-state index in [1.54, 1.807) is 35.0 Å². The first kappa shape index (κ1) is 40.3. The fourth-order valence-corrected chi connectivity index (χ4v) is 6.29. The molecule has 7 rings (SSSR count). The first-order valence-electron chi connectivity index (χ1n) is 18.1. The van der Waals surface area contributed by atoms with Gasteiger partial charge in [-0.05, 0) is 51.1 Å². The Kier molecular flexibility index (Phi) is 13.2. The lowest BCUT2D eigenvalue weighted by Crippen LogP contribution is -2.43. The van der Waals surface area contributed by atoms with Crippen molar-refractivity contribution in [2.45, 2.75) is 58.8 Å². The molecule has 55 heavy (non-hydrogen) atoms. The molecule has 1 N–H and O–H groups in total. The number of hydrogen-bond donors (Lipinski definition) is 1. The van der Waals surface area contributed by atoms with Crippen molar-refractivity contribution < 1.29 is 33.6 Å². The average molecular weight is 764 g/mol. The van der Waals surface area contributed by atoms with Gasteiger partial charge in [-0.25, -0.2) is 19.6 Å². The normalized spacial score (nSPS) is 14.9. The minimum atomic E-state index is -1.09. The van der Waals surface area contributed by atoms with Crippen LogP contribution in [0.2, 0.25) is 5.02 Å². The maximum absolute atomic E-state index is 12.7. The van der Waals surface area contributed by atoms with Crippen molar-refractivity contribution in [1.29, 1.82) is 0 Å². The minimum absolute atomic E-state index is 0.104. The van der Waals surface area contributed by atoms with Crippen LogP contribution in [0.4, 0.5) is 4.79 Å². The van der Waals surface area contributed by atoms with Crippen molar-refractivity contribution >= 4 is 45.5 Å². The smallest absolute Gasteiger partial charge is 0.411 e. The summed E-state index contributed by atoms with van der Waals surface area (Å²) in [6.07, 6.45) is -1.04. The second-order valence-electron chi connectivity index (χ2n) is 13.5. The maximum Gasteiger partial charge on any atom is 0.411 e. The van der Waals surface area contributed by atoms with Crippen LogP contribution in [0.1, 0.15) is 41.0 Å². The molecular formula is C44H46ClN3O7. The van der Waals surface area contributed by atoms with Crippen LogP contribution in [-0.2, 0) is 9.53 Å². The molecule has 1 fully saturated rings. The number of aromatic nitrogens is 2. The minimum Gasteiger partial charge on any atom is -0.497 e. The number of ether oxygens (including phenoxy) is 4. The number of carbonyl (C=O) groups excluding carboxylic acids is 1. The zero-order chi connectivity index (χ0) is 39.7. The number of amides is 1. The number of rotatable bonds is 7. The molecule has 286 valence electrons. The Labute approximate surface area is 326 Å². The Hall–Kier alpha value is -5.87. The van der Waals surface area contributed by atoms with Crippen molar-refractivity contribution in [3.05, 3.63) is 114 Å². The number of aliphatic carboxylic acids is 1. The van der Waals surface area contributed by atoms with Crippen LogP contribution >= 0.6 is 11.6 Å². The standard InChI is InChI=1S/C26H28N2O6.C16H12ClNO.C2H6/c1-26(2,3)34-25(31)28-15-18(13-22(28)24(29)30)33-23-14-20(16-8-6-5-7-9-16)27-21-12-17(32-4)10-11-19(21)23;1-19-12-7-8-13-14(17)10-15(18-16(13)9-12)11-5-3-2-4-6-11;1-2/h5-12,14,18,22H,13,15H2,1-4H3,(H,29,30);2-10H,1H3;1-2H3/t18-,22?;;/m1../s1. The van der Waals surface area contributed by atoms with Crippen molar-refractivity contribution in [2.75, 3.05) is 20.8 Å². The highest BCUT2D eigenvalue weighted by atomic mass is 35.5. The molecule has 1 aliphatic rings. The highest BCUT2D eigenvalue weighted by molar-refractivity contribution is 6.35. The lowest BCUT2D eigenvalue weighted by Gasteiger charge is -2.26. The zero-order valence-corrected chi connectivity index (χ0v) is 32.8. The van der Waals surface area contributed by atoms with Gasteiger partial charge in [0.25, 0.3) is 0 Å². The molecule has 11 heteroatoms. The number of pyridine rings is 2. The number of carbonyl (C=O) groups is 2. The summed E-state index contributed by atoms with van der Waals surface area (Å²) in [5.41, 5.74) is 4.35. The van der Waals surface area contributed by atoms with Gasteiger partial charge < -0.3 is 24.1 Å². The van der Waals surface area contributed by atoms with Gasteiger partial charge in [-0.15, -0.1) is 0 Å². The molecule has 0 radical (unpaired) electrons. The molecule has 4 aromatic carbocycles. The van der Waals surface area contributed by atoms with Crippen LogP contribution in [-0.4, -0.2) is 70.5 Å². The molecule has 0 spiro atoms. The Morgan fingerprint density at radius 2 is 1.25 bits per heavy atom. The summed E-state index contributed by atoms with van der Waals surface area (Å²) in [5.74, 6) is 0.915. The van der Waals surface area contributed by atoms with Gasteiger partial charge in [-0.1, -0.05) is 86.1 Å². The van der Waals surface area contributed by atoms with Crippen molar-refractivity contribution in [2.24, 2.45) is 0 Å². The van der Waals surface area contributed by atoms with E-state index in [4.69, 9.17) is 35.5 Å². The first-order valence-corrected chi connectivity index (χ1v) is 18.4. The number of halogens is 1.